The molecule has 0 bridgehead atoms. The third-order valence-corrected chi connectivity index (χ3v) is 6.08. The molecule has 174 valence electrons. The fraction of sp³-hybridized carbons (Fsp3) is 0.500. The number of aromatic nitrogens is 1. The quantitative estimate of drug-likeness (QED) is 0.710. The Morgan fingerprint density at radius 1 is 1.22 bits per heavy atom. The molecule has 0 spiro atoms. The van der Waals surface area contributed by atoms with E-state index in [4.69, 9.17) is 4.74 Å². The van der Waals surface area contributed by atoms with Crippen molar-refractivity contribution in [2.24, 2.45) is 5.41 Å². The van der Waals surface area contributed by atoms with Crippen molar-refractivity contribution in [3.8, 4) is 5.88 Å². The third-order valence-electron chi connectivity index (χ3n) is 6.08. The van der Waals surface area contributed by atoms with Gasteiger partial charge in [-0.2, -0.15) is 13.2 Å². The standard InChI is InChI=1S/C24H30F3N3O2/c1-16-8-5-6-9-17(16)18-14-28-13-11-20(18)30(4)22(31)23(2,3)15-32-21-19(24(25,26)27)10-7-12-29-21/h5-10,12,18,20,28H,11,13-15H2,1-4H3/t18-,20-/m1/s1. The first kappa shape index (κ1) is 24.0. The highest BCUT2D eigenvalue weighted by Crippen LogP contribution is 2.36. The van der Waals surface area contributed by atoms with Crippen molar-refractivity contribution in [3.63, 3.8) is 0 Å². The van der Waals surface area contributed by atoms with Crippen molar-refractivity contribution < 1.29 is 22.7 Å². The van der Waals surface area contributed by atoms with Gasteiger partial charge in [-0.05, 0) is 57.0 Å². The summed E-state index contributed by atoms with van der Waals surface area (Å²) in [6, 6.07) is 10.3. The number of pyridine rings is 1. The van der Waals surface area contributed by atoms with Crippen LogP contribution >= 0.6 is 0 Å². The smallest absolute Gasteiger partial charge is 0.421 e. The fourth-order valence-electron chi connectivity index (χ4n) is 4.29. The Labute approximate surface area is 187 Å². The number of alkyl halides is 3. The van der Waals surface area contributed by atoms with E-state index in [9.17, 15) is 18.0 Å². The predicted octanol–water partition coefficient (Wildman–Crippen LogP) is 4.42. The van der Waals surface area contributed by atoms with Crippen LogP contribution in [0.5, 0.6) is 5.88 Å². The number of rotatable bonds is 6. The van der Waals surface area contributed by atoms with Gasteiger partial charge in [0.15, 0.2) is 0 Å². The molecule has 1 fully saturated rings. The van der Waals surface area contributed by atoms with Gasteiger partial charge in [0.25, 0.3) is 0 Å². The molecule has 2 heterocycles. The number of piperidine rings is 1. The van der Waals surface area contributed by atoms with Gasteiger partial charge < -0.3 is 15.0 Å². The lowest BCUT2D eigenvalue weighted by molar-refractivity contribution is -0.144. The van der Waals surface area contributed by atoms with E-state index in [0.29, 0.717) is 0 Å². The Morgan fingerprint density at radius 3 is 2.62 bits per heavy atom. The van der Waals surface area contributed by atoms with Crippen molar-refractivity contribution in [1.29, 1.82) is 0 Å². The number of carbonyl (C=O) groups excluding carboxylic acids is 1. The van der Waals surface area contributed by atoms with Gasteiger partial charge in [-0.25, -0.2) is 4.98 Å². The fourth-order valence-corrected chi connectivity index (χ4v) is 4.29. The number of amides is 1. The van der Waals surface area contributed by atoms with E-state index in [1.807, 2.05) is 12.1 Å². The number of hydrogen-bond acceptors (Lipinski definition) is 4. The maximum absolute atomic E-state index is 13.4. The molecule has 5 nitrogen and oxygen atoms in total. The normalized spacial score (nSPS) is 19.5. The third kappa shape index (κ3) is 5.23. The Kier molecular flexibility index (Phi) is 7.12. The van der Waals surface area contributed by atoms with Gasteiger partial charge in [0.2, 0.25) is 11.8 Å². The number of nitrogens with one attached hydrogen (secondary N) is 1. The average Bonchev–Trinajstić information content (AvgIpc) is 2.76. The van der Waals surface area contributed by atoms with E-state index in [-0.39, 0.29) is 24.5 Å². The number of likely N-dealkylation sites (N-methyl/N-ethyl adjacent to an activating group) is 1. The van der Waals surface area contributed by atoms with E-state index < -0.39 is 23.0 Å². The number of aryl methyl sites for hydroxylation is 1. The van der Waals surface area contributed by atoms with Crippen molar-refractivity contribution in [3.05, 3.63) is 59.3 Å². The van der Waals surface area contributed by atoms with Crippen LogP contribution in [0.1, 0.15) is 42.9 Å². The monoisotopic (exact) mass is 449 g/mol. The second-order valence-electron chi connectivity index (χ2n) is 8.97. The van der Waals surface area contributed by atoms with Crippen molar-refractivity contribution >= 4 is 5.91 Å². The molecular weight excluding hydrogens is 419 g/mol. The maximum Gasteiger partial charge on any atom is 0.421 e. The molecule has 1 aromatic heterocycles. The van der Waals surface area contributed by atoms with Crippen LogP contribution in [0.15, 0.2) is 42.6 Å². The van der Waals surface area contributed by atoms with Gasteiger partial charge in [0.05, 0.1) is 5.41 Å². The number of benzene rings is 1. The lowest BCUT2D eigenvalue weighted by Crippen LogP contribution is -2.53. The summed E-state index contributed by atoms with van der Waals surface area (Å²) in [5, 5.41) is 3.41. The average molecular weight is 450 g/mol. The van der Waals surface area contributed by atoms with E-state index in [2.05, 4.69) is 29.4 Å². The second kappa shape index (κ2) is 9.48. The molecule has 1 aliphatic heterocycles. The summed E-state index contributed by atoms with van der Waals surface area (Å²) < 4.78 is 45.1. The zero-order valence-electron chi connectivity index (χ0n) is 18.9. The maximum atomic E-state index is 13.4. The molecule has 0 radical (unpaired) electrons. The summed E-state index contributed by atoms with van der Waals surface area (Å²) in [6.07, 6.45) is -2.55. The Morgan fingerprint density at radius 2 is 1.94 bits per heavy atom. The highest BCUT2D eigenvalue weighted by atomic mass is 19.4. The molecule has 32 heavy (non-hydrogen) atoms. The molecular formula is C24H30F3N3O2. The lowest BCUT2D eigenvalue weighted by atomic mass is 9.82. The summed E-state index contributed by atoms with van der Waals surface area (Å²) in [5.41, 5.74) is 0.386. The Balaban J connectivity index is 1.76. The number of hydrogen-bond donors (Lipinski definition) is 1. The Bertz CT molecular complexity index is 946. The summed E-state index contributed by atoms with van der Waals surface area (Å²) in [5.74, 6) is -0.557. The largest absolute Gasteiger partial charge is 0.476 e. The van der Waals surface area contributed by atoms with Gasteiger partial charge in [-0.3, -0.25) is 4.79 Å². The van der Waals surface area contributed by atoms with Gasteiger partial charge in [0.1, 0.15) is 12.2 Å². The molecule has 8 heteroatoms. The van der Waals surface area contributed by atoms with Crippen LogP contribution < -0.4 is 10.1 Å². The van der Waals surface area contributed by atoms with Crippen molar-refractivity contribution in [2.75, 3.05) is 26.7 Å². The van der Waals surface area contributed by atoms with E-state index >= 15 is 0 Å². The van der Waals surface area contributed by atoms with Gasteiger partial charge in [-0.1, -0.05) is 24.3 Å². The Hall–Kier alpha value is -2.61. The minimum atomic E-state index is -4.58. The summed E-state index contributed by atoms with van der Waals surface area (Å²) in [6.45, 7) is 6.77. The van der Waals surface area contributed by atoms with Gasteiger partial charge in [-0.15, -0.1) is 0 Å². The summed E-state index contributed by atoms with van der Waals surface area (Å²) in [4.78, 5) is 18.9. The first-order valence-electron chi connectivity index (χ1n) is 10.7. The van der Waals surface area contributed by atoms with Crippen molar-refractivity contribution in [1.82, 2.24) is 15.2 Å². The molecule has 0 aliphatic carbocycles. The summed E-state index contributed by atoms with van der Waals surface area (Å²) in [7, 11) is 1.77. The van der Waals surface area contributed by atoms with Gasteiger partial charge >= 0.3 is 6.18 Å². The molecule has 1 aromatic carbocycles. The van der Waals surface area contributed by atoms with E-state index in [1.165, 1.54) is 23.4 Å². The zero-order chi connectivity index (χ0) is 23.5. The van der Waals surface area contributed by atoms with Crippen LogP contribution in [0.25, 0.3) is 0 Å². The number of halogens is 3. The van der Waals surface area contributed by atoms with Crippen LogP contribution in [0.2, 0.25) is 0 Å². The first-order chi connectivity index (χ1) is 15.0. The molecule has 2 atom stereocenters. The number of nitrogens with zero attached hydrogens (tertiary/aromatic N) is 2. The van der Waals surface area contributed by atoms with Crippen LogP contribution in [0, 0.1) is 12.3 Å². The van der Waals surface area contributed by atoms with Crippen LogP contribution in [0.3, 0.4) is 0 Å². The molecule has 1 saturated heterocycles. The SMILES string of the molecule is Cc1ccccc1[C@H]1CNCC[C@H]1N(C)C(=O)C(C)(C)COc1ncccc1C(F)(F)F. The van der Waals surface area contributed by atoms with Crippen LogP contribution in [-0.4, -0.2) is 48.6 Å². The molecule has 3 rings (SSSR count). The minimum absolute atomic E-state index is 0.0234. The molecule has 1 aliphatic rings. The zero-order valence-corrected chi connectivity index (χ0v) is 18.9. The van der Waals surface area contributed by atoms with Gasteiger partial charge in [0, 0.05) is 31.7 Å². The second-order valence-corrected chi connectivity index (χ2v) is 8.97. The van der Waals surface area contributed by atoms with E-state index in [0.717, 1.165) is 25.6 Å². The van der Waals surface area contributed by atoms with E-state index in [1.54, 1.807) is 25.8 Å². The van der Waals surface area contributed by atoms with Crippen LogP contribution in [-0.2, 0) is 11.0 Å². The first-order valence-corrected chi connectivity index (χ1v) is 10.7. The van der Waals surface area contributed by atoms with Crippen LogP contribution in [0.4, 0.5) is 13.2 Å². The predicted molar refractivity (Wildman–Crippen MR) is 116 cm³/mol. The lowest BCUT2D eigenvalue weighted by Gasteiger charge is -2.42. The topological polar surface area (TPSA) is 54.5 Å². The van der Waals surface area contributed by atoms with Crippen molar-refractivity contribution in [2.45, 2.75) is 45.3 Å². The molecule has 1 N–H and O–H groups in total. The number of carbonyl (C=O) groups is 1. The molecule has 1 amide bonds. The highest BCUT2D eigenvalue weighted by Gasteiger charge is 2.40. The number of ether oxygens (including phenoxy) is 1. The summed E-state index contributed by atoms with van der Waals surface area (Å²) >= 11 is 0. The highest BCUT2D eigenvalue weighted by molar-refractivity contribution is 5.82. The molecule has 0 unspecified atom stereocenters. The molecule has 2 aromatic rings. The minimum Gasteiger partial charge on any atom is -0.476 e. The molecule has 0 saturated carbocycles.